The summed E-state index contributed by atoms with van der Waals surface area (Å²) < 4.78 is 26.6. The number of pyridine rings is 1. The molecule has 0 unspecified atom stereocenters. The van der Waals surface area contributed by atoms with Gasteiger partial charge >= 0.3 is 5.97 Å². The van der Waals surface area contributed by atoms with E-state index in [1.165, 1.54) is 18.9 Å². The smallest absolute Gasteiger partial charge is 0.304 e. The summed E-state index contributed by atoms with van der Waals surface area (Å²) in [4.78, 5) is 15.7. The Morgan fingerprint density at radius 1 is 1.13 bits per heavy atom. The van der Waals surface area contributed by atoms with E-state index < -0.39 is 5.97 Å². The minimum atomic E-state index is -0.762. The van der Waals surface area contributed by atoms with Crippen LogP contribution in [0, 0.1) is 11.2 Å². The van der Waals surface area contributed by atoms with Gasteiger partial charge in [-0.15, -0.1) is 0 Å². The van der Waals surface area contributed by atoms with Gasteiger partial charge in [-0.05, 0) is 83.4 Å². The van der Waals surface area contributed by atoms with Crippen LogP contribution in [0.2, 0.25) is 0 Å². The van der Waals surface area contributed by atoms with E-state index in [2.05, 4.69) is 37.9 Å². The highest BCUT2D eigenvalue weighted by Gasteiger charge is 2.39. The van der Waals surface area contributed by atoms with E-state index in [0.717, 1.165) is 66.5 Å². The first-order valence-electron chi connectivity index (χ1n) is 14.0. The Morgan fingerprint density at radius 3 is 2.64 bits per heavy atom. The fraction of sp³-hybridized carbons (Fsp3) is 0.455. The van der Waals surface area contributed by atoms with Crippen molar-refractivity contribution in [1.29, 1.82) is 0 Å². The molecule has 1 fully saturated rings. The molecule has 0 spiro atoms. The van der Waals surface area contributed by atoms with E-state index in [1.807, 2.05) is 24.3 Å². The molecule has 6 heteroatoms. The van der Waals surface area contributed by atoms with Gasteiger partial charge < -0.3 is 14.6 Å². The zero-order valence-corrected chi connectivity index (χ0v) is 23.4. The number of rotatable bonds is 9. The quantitative estimate of drug-likeness (QED) is 0.305. The molecule has 1 N–H and O–H groups in total. The van der Waals surface area contributed by atoms with Gasteiger partial charge in [0, 0.05) is 17.0 Å². The number of methoxy groups -OCH3 is 1. The largest absolute Gasteiger partial charge is 0.489 e. The Morgan fingerprint density at radius 2 is 1.95 bits per heavy atom. The van der Waals surface area contributed by atoms with Crippen LogP contribution in [-0.2, 0) is 23.2 Å². The number of benzene rings is 2. The summed E-state index contributed by atoms with van der Waals surface area (Å²) in [6.45, 7) is 7.03. The van der Waals surface area contributed by atoms with Crippen molar-refractivity contribution < 1.29 is 23.8 Å². The van der Waals surface area contributed by atoms with Gasteiger partial charge in [0.25, 0.3) is 0 Å². The minimum Gasteiger partial charge on any atom is -0.489 e. The maximum Gasteiger partial charge on any atom is 0.304 e. The van der Waals surface area contributed by atoms with Gasteiger partial charge in [0.15, 0.2) is 0 Å². The Hall–Kier alpha value is -3.41. The second-order valence-electron chi connectivity index (χ2n) is 11.9. The van der Waals surface area contributed by atoms with Crippen LogP contribution >= 0.6 is 0 Å². The Labute approximate surface area is 230 Å². The number of carboxylic acids is 1. The number of aliphatic carboxylic acids is 1. The summed E-state index contributed by atoms with van der Waals surface area (Å²) in [6.07, 6.45) is 7.23. The van der Waals surface area contributed by atoms with E-state index in [9.17, 15) is 9.90 Å². The molecule has 2 aromatic carbocycles. The van der Waals surface area contributed by atoms with Gasteiger partial charge in [0.1, 0.15) is 18.2 Å². The molecule has 1 aromatic heterocycles. The van der Waals surface area contributed by atoms with Gasteiger partial charge in [0.05, 0.1) is 19.7 Å². The summed E-state index contributed by atoms with van der Waals surface area (Å²) in [5.74, 6) is 0.304. The van der Waals surface area contributed by atoms with Crippen molar-refractivity contribution in [2.24, 2.45) is 5.41 Å². The van der Waals surface area contributed by atoms with Gasteiger partial charge in [-0.2, -0.15) is 0 Å². The highest BCUT2D eigenvalue weighted by Crippen LogP contribution is 2.51. The highest BCUT2D eigenvalue weighted by atomic mass is 19.1. The summed E-state index contributed by atoms with van der Waals surface area (Å²) in [7, 11) is 1.54. The minimum absolute atomic E-state index is 0.107. The third-order valence-electron chi connectivity index (χ3n) is 9.18. The van der Waals surface area contributed by atoms with Crippen LogP contribution in [0.5, 0.6) is 11.6 Å². The molecule has 0 amide bonds. The molecular weight excluding hydrogens is 493 g/mol. The van der Waals surface area contributed by atoms with Crippen LogP contribution < -0.4 is 9.47 Å². The first-order valence-corrected chi connectivity index (χ1v) is 14.0. The van der Waals surface area contributed by atoms with Crippen molar-refractivity contribution >= 4 is 5.97 Å². The van der Waals surface area contributed by atoms with Crippen molar-refractivity contribution in [1.82, 2.24) is 4.98 Å². The predicted octanol–water partition coefficient (Wildman–Crippen LogP) is 7.84. The zero-order valence-electron chi connectivity index (χ0n) is 23.4. The number of aromatic nitrogens is 1. The molecular formula is C33H38FNO4. The Kier molecular flexibility index (Phi) is 7.41. The summed E-state index contributed by atoms with van der Waals surface area (Å²) in [6, 6.07) is 14.0. The molecule has 0 bridgehead atoms. The van der Waals surface area contributed by atoms with Gasteiger partial charge in [-0.25, -0.2) is 9.37 Å². The van der Waals surface area contributed by atoms with Crippen LogP contribution in [0.15, 0.2) is 48.7 Å². The molecule has 5 nitrogen and oxygen atoms in total. The lowest BCUT2D eigenvalue weighted by molar-refractivity contribution is -0.138. The molecule has 2 aliphatic rings. The number of ether oxygens (including phenoxy) is 2. The molecule has 0 radical (unpaired) electrons. The number of carbonyl (C=O) groups is 1. The Balaban J connectivity index is 1.46. The lowest BCUT2D eigenvalue weighted by Crippen LogP contribution is -2.25. The summed E-state index contributed by atoms with van der Waals surface area (Å²) in [5.41, 5.74) is 5.62. The van der Waals surface area contributed by atoms with E-state index in [4.69, 9.17) is 9.47 Å². The molecule has 5 rings (SSSR count). The number of nitrogens with zero attached hydrogens (tertiary/aromatic N) is 1. The third kappa shape index (κ3) is 5.26. The number of halogens is 1. The zero-order chi connectivity index (χ0) is 27.8. The van der Waals surface area contributed by atoms with Crippen molar-refractivity contribution in [2.75, 3.05) is 7.11 Å². The maximum atomic E-state index is 15.0. The van der Waals surface area contributed by atoms with Gasteiger partial charge in [-0.1, -0.05) is 51.5 Å². The van der Waals surface area contributed by atoms with Crippen molar-refractivity contribution in [3.63, 3.8) is 0 Å². The van der Waals surface area contributed by atoms with Crippen molar-refractivity contribution in [2.45, 2.75) is 83.7 Å². The first-order chi connectivity index (χ1) is 18.7. The lowest BCUT2D eigenvalue weighted by Gasteiger charge is -2.30. The van der Waals surface area contributed by atoms with Crippen molar-refractivity contribution in [3.05, 3.63) is 76.7 Å². The van der Waals surface area contributed by atoms with E-state index in [-0.39, 0.29) is 23.1 Å². The number of hydrogen-bond acceptors (Lipinski definition) is 4. The van der Waals surface area contributed by atoms with Crippen LogP contribution in [0.1, 0.15) is 87.5 Å². The molecule has 0 saturated heterocycles. The van der Waals surface area contributed by atoms with Crippen molar-refractivity contribution in [3.8, 4) is 22.8 Å². The second-order valence-corrected chi connectivity index (χ2v) is 11.9. The van der Waals surface area contributed by atoms with Crippen LogP contribution in [0.3, 0.4) is 0 Å². The fourth-order valence-corrected chi connectivity index (χ4v) is 6.87. The third-order valence-corrected chi connectivity index (χ3v) is 9.18. The number of fused-ring (bicyclic) bond motifs is 1. The first kappa shape index (κ1) is 27.2. The molecule has 0 aliphatic heterocycles. The lowest BCUT2D eigenvalue weighted by atomic mass is 9.75. The normalized spacial score (nSPS) is 21.5. The van der Waals surface area contributed by atoms with E-state index >= 15 is 4.39 Å². The van der Waals surface area contributed by atoms with Crippen LogP contribution in [-0.4, -0.2) is 23.2 Å². The monoisotopic (exact) mass is 531 g/mol. The van der Waals surface area contributed by atoms with Crippen LogP contribution in [0.25, 0.3) is 11.1 Å². The fourth-order valence-electron chi connectivity index (χ4n) is 6.87. The summed E-state index contributed by atoms with van der Waals surface area (Å²) >= 11 is 0. The number of aryl methyl sites for hydroxylation is 1. The van der Waals surface area contributed by atoms with Crippen LogP contribution in [0.4, 0.5) is 4.39 Å². The predicted molar refractivity (Wildman–Crippen MR) is 150 cm³/mol. The number of hydrogen-bond donors (Lipinski definition) is 1. The van der Waals surface area contributed by atoms with Gasteiger partial charge in [-0.3, -0.25) is 4.79 Å². The SMILES string of the molecule is CC[C@@]1(CC(=O)O)CCc2ccc(OCc3ccc(-c4cc(OC)ncc4F)c([C@@H]4CCCC4(C)C)c3)cc21. The Bertz CT molecular complexity index is 1380. The average molecular weight is 532 g/mol. The molecule has 2 aliphatic carbocycles. The van der Waals surface area contributed by atoms with E-state index in [0.29, 0.717) is 24.0 Å². The molecule has 206 valence electrons. The molecule has 3 aromatic rings. The topological polar surface area (TPSA) is 68.7 Å². The maximum absolute atomic E-state index is 15.0. The highest BCUT2D eigenvalue weighted by molar-refractivity contribution is 5.71. The molecule has 39 heavy (non-hydrogen) atoms. The second kappa shape index (κ2) is 10.6. The van der Waals surface area contributed by atoms with Gasteiger partial charge in [0.2, 0.25) is 5.88 Å². The summed E-state index contributed by atoms with van der Waals surface area (Å²) in [5, 5.41) is 9.56. The standard InChI is InChI=1S/C33H38FNO4/c1-5-33(18-31(36)37)14-12-22-9-10-23(16-28(22)33)39-20-21-8-11-24(26-17-30(38-4)35-19-29(26)34)25(15-21)27-7-6-13-32(27,2)3/h8-11,15-17,19,27H,5-7,12-14,18,20H2,1-4H3,(H,36,37)/t27-,33-/m0/s1. The molecule has 1 heterocycles. The molecule has 2 atom stereocenters. The van der Waals surface area contributed by atoms with E-state index in [1.54, 1.807) is 6.07 Å². The number of carboxylic acid groups (broad SMARTS) is 1. The average Bonchev–Trinajstić information content (AvgIpc) is 3.46. The molecule has 1 saturated carbocycles.